The van der Waals surface area contributed by atoms with Crippen molar-refractivity contribution in [3.8, 4) is 23.0 Å². The molecular formula is C28H38O9. The van der Waals surface area contributed by atoms with Gasteiger partial charge < -0.3 is 43.4 Å². The molecule has 0 aromatic heterocycles. The molecule has 0 aliphatic carbocycles. The molecule has 0 fully saturated rings. The van der Waals surface area contributed by atoms with Crippen LogP contribution in [0.2, 0.25) is 0 Å². The van der Waals surface area contributed by atoms with Crippen molar-refractivity contribution in [2.24, 2.45) is 0 Å². The molecule has 1 aliphatic rings. The predicted octanol–water partition coefficient (Wildman–Crippen LogP) is 3.29. The molecule has 1 aliphatic heterocycles. The van der Waals surface area contributed by atoms with Gasteiger partial charge in [0.25, 0.3) is 0 Å². The number of fused-ring (bicyclic) bond motifs is 4. The summed E-state index contributed by atoms with van der Waals surface area (Å²) < 4.78 is 38.9. The summed E-state index contributed by atoms with van der Waals surface area (Å²) in [6.45, 7) is 9.21. The number of rotatable bonds is 0. The quantitative estimate of drug-likeness (QED) is 0.508. The third-order valence-electron chi connectivity index (χ3n) is 5.50. The molecule has 9 heteroatoms. The van der Waals surface area contributed by atoms with Crippen LogP contribution in [0.4, 0.5) is 0 Å². The first-order chi connectivity index (χ1) is 18.1. The lowest BCUT2D eigenvalue weighted by molar-refractivity contribution is -0.0142. The molecule has 0 atom stereocenters. The Kier molecular flexibility index (Phi) is 13.1. The third-order valence-corrected chi connectivity index (χ3v) is 5.50. The summed E-state index contributed by atoms with van der Waals surface area (Å²) >= 11 is 0. The predicted molar refractivity (Wildman–Crippen MR) is 138 cm³/mol. The molecule has 204 valence electrons. The van der Waals surface area contributed by atoms with E-state index >= 15 is 0 Å². The summed E-state index contributed by atoms with van der Waals surface area (Å²) in [5.41, 5.74) is 2.21. The van der Waals surface area contributed by atoms with Crippen LogP contribution in [0, 0.1) is 0 Å². The number of phenolic OH excluding ortho intramolecular Hbond substituents is 2. The van der Waals surface area contributed by atoms with Gasteiger partial charge in [-0.25, -0.2) is 0 Å². The average molecular weight is 519 g/mol. The monoisotopic (exact) mass is 518 g/mol. The minimum absolute atomic E-state index is 0.0758. The lowest BCUT2D eigenvalue weighted by Crippen LogP contribution is -2.15. The largest absolute Gasteiger partial charge is 0.504 e. The average Bonchev–Trinajstić information content (AvgIpc) is 2.89. The standard InChI is InChI=1S/C28H38O9/c1-22-20-23-4-2-6-25(27(23)29)36-18-16-34-14-12-32-10-8-31-9-11-33-13-15-35-17-19-37-26-7-3-5-24(21-22)28(26)30/h2-7,29-30H,1,8-21H2. The van der Waals surface area contributed by atoms with Gasteiger partial charge in [-0.05, 0) is 25.0 Å². The summed E-state index contributed by atoms with van der Waals surface area (Å²) in [5.74, 6) is 0.929. The molecule has 2 N–H and O–H groups in total. The Morgan fingerprint density at radius 1 is 0.486 bits per heavy atom. The fourth-order valence-electron chi connectivity index (χ4n) is 3.66. The highest BCUT2D eigenvalue weighted by atomic mass is 16.6. The number of benzene rings is 2. The molecule has 0 saturated carbocycles. The van der Waals surface area contributed by atoms with Crippen molar-refractivity contribution < 1.29 is 43.4 Å². The Morgan fingerprint density at radius 3 is 1.16 bits per heavy atom. The third kappa shape index (κ3) is 10.6. The molecule has 0 radical (unpaired) electrons. The van der Waals surface area contributed by atoms with Crippen molar-refractivity contribution in [1.82, 2.24) is 0 Å². The fraction of sp³-hybridized carbons (Fsp3) is 0.500. The topological polar surface area (TPSA) is 105 Å². The summed E-state index contributed by atoms with van der Waals surface area (Å²) in [6, 6.07) is 10.7. The molecule has 37 heavy (non-hydrogen) atoms. The van der Waals surface area contributed by atoms with Gasteiger partial charge in [-0.1, -0.05) is 36.4 Å². The highest BCUT2D eigenvalue weighted by Gasteiger charge is 2.13. The van der Waals surface area contributed by atoms with E-state index in [1.807, 2.05) is 24.3 Å². The van der Waals surface area contributed by atoms with Crippen molar-refractivity contribution in [2.45, 2.75) is 12.8 Å². The van der Waals surface area contributed by atoms with Crippen LogP contribution in [0.25, 0.3) is 0 Å². The summed E-state index contributed by atoms with van der Waals surface area (Å²) in [6.07, 6.45) is 0.863. The first-order valence-electron chi connectivity index (χ1n) is 12.6. The summed E-state index contributed by atoms with van der Waals surface area (Å²) in [4.78, 5) is 0. The lowest BCUT2D eigenvalue weighted by Gasteiger charge is -2.14. The van der Waals surface area contributed by atoms with Crippen LogP contribution in [0.3, 0.4) is 0 Å². The van der Waals surface area contributed by atoms with Gasteiger partial charge in [-0.15, -0.1) is 0 Å². The maximum atomic E-state index is 10.7. The van der Waals surface area contributed by atoms with Crippen molar-refractivity contribution in [1.29, 1.82) is 0 Å². The number of phenols is 2. The molecule has 9 nitrogen and oxygen atoms in total. The molecule has 0 saturated heterocycles. The lowest BCUT2D eigenvalue weighted by atomic mass is 9.98. The van der Waals surface area contributed by atoms with E-state index in [1.54, 1.807) is 12.1 Å². The summed E-state index contributed by atoms with van der Waals surface area (Å²) in [7, 11) is 0. The van der Waals surface area contributed by atoms with E-state index in [9.17, 15) is 10.2 Å². The molecule has 1 heterocycles. The minimum atomic E-state index is 0.0758. The second kappa shape index (κ2) is 16.8. The Labute approximate surface area is 218 Å². The van der Waals surface area contributed by atoms with E-state index in [0.717, 1.165) is 5.57 Å². The molecule has 2 aromatic carbocycles. The Bertz CT molecular complexity index is 874. The first-order valence-corrected chi connectivity index (χ1v) is 12.6. The SMILES string of the molecule is C=C1Cc2cccc(c2O)OCCOCCOCCOCCOCCOCCOc2cccc(c2O)C1. The molecule has 0 amide bonds. The van der Waals surface area contributed by atoms with Crippen LogP contribution in [0.15, 0.2) is 48.6 Å². The van der Waals surface area contributed by atoms with E-state index in [0.29, 0.717) is 115 Å². The minimum Gasteiger partial charge on any atom is -0.504 e. The van der Waals surface area contributed by atoms with Crippen LogP contribution in [0.1, 0.15) is 11.1 Å². The Morgan fingerprint density at radius 2 is 0.811 bits per heavy atom. The molecule has 0 unspecified atom stereocenters. The number of allylic oxidation sites excluding steroid dienone is 1. The maximum absolute atomic E-state index is 10.7. The van der Waals surface area contributed by atoms with E-state index in [4.69, 9.17) is 33.2 Å². The zero-order valence-electron chi connectivity index (χ0n) is 21.3. The van der Waals surface area contributed by atoms with Crippen LogP contribution in [-0.4, -0.2) is 89.5 Å². The van der Waals surface area contributed by atoms with Crippen molar-refractivity contribution in [2.75, 3.05) is 79.3 Å². The second-order valence-electron chi connectivity index (χ2n) is 8.39. The zero-order valence-corrected chi connectivity index (χ0v) is 21.3. The van der Waals surface area contributed by atoms with E-state index in [-0.39, 0.29) is 11.5 Å². The first kappa shape index (κ1) is 28.7. The van der Waals surface area contributed by atoms with Gasteiger partial charge >= 0.3 is 0 Å². The van der Waals surface area contributed by atoms with Gasteiger partial charge in [-0.3, -0.25) is 0 Å². The van der Waals surface area contributed by atoms with Crippen LogP contribution in [0.5, 0.6) is 23.0 Å². The zero-order chi connectivity index (χ0) is 26.1. The van der Waals surface area contributed by atoms with Crippen molar-refractivity contribution >= 4 is 0 Å². The van der Waals surface area contributed by atoms with Gasteiger partial charge in [0.2, 0.25) is 0 Å². The van der Waals surface area contributed by atoms with Crippen molar-refractivity contribution in [3.05, 3.63) is 59.7 Å². The molecule has 4 bridgehead atoms. The van der Waals surface area contributed by atoms with Crippen LogP contribution >= 0.6 is 0 Å². The smallest absolute Gasteiger partial charge is 0.161 e. The Balaban J connectivity index is 1.57. The van der Waals surface area contributed by atoms with Gasteiger partial charge in [-0.2, -0.15) is 0 Å². The number of hydrogen-bond acceptors (Lipinski definition) is 9. The van der Waals surface area contributed by atoms with E-state index < -0.39 is 0 Å². The molecule has 0 spiro atoms. The highest BCUT2D eigenvalue weighted by molar-refractivity contribution is 5.49. The van der Waals surface area contributed by atoms with Gasteiger partial charge in [0.1, 0.15) is 13.2 Å². The number of hydrogen-bond donors (Lipinski definition) is 2. The van der Waals surface area contributed by atoms with Crippen LogP contribution in [-0.2, 0) is 36.5 Å². The van der Waals surface area contributed by atoms with Gasteiger partial charge in [0.15, 0.2) is 23.0 Å². The molecule has 3 rings (SSSR count). The van der Waals surface area contributed by atoms with E-state index in [2.05, 4.69) is 6.58 Å². The highest BCUT2D eigenvalue weighted by Crippen LogP contribution is 2.34. The number of para-hydroxylation sites is 2. The Hall–Kier alpha value is -2.82. The number of aromatic hydroxyl groups is 2. The van der Waals surface area contributed by atoms with Gasteiger partial charge in [0.05, 0.1) is 66.1 Å². The molecule has 2 aromatic rings. The second-order valence-corrected chi connectivity index (χ2v) is 8.39. The van der Waals surface area contributed by atoms with Crippen LogP contribution < -0.4 is 9.47 Å². The fourth-order valence-corrected chi connectivity index (χ4v) is 3.66. The van der Waals surface area contributed by atoms with E-state index in [1.165, 1.54) is 0 Å². The van der Waals surface area contributed by atoms with Gasteiger partial charge in [0, 0.05) is 11.1 Å². The summed E-state index contributed by atoms with van der Waals surface area (Å²) in [5, 5.41) is 21.4. The maximum Gasteiger partial charge on any atom is 0.161 e. The normalized spacial score (nSPS) is 18.5. The molecular weight excluding hydrogens is 480 g/mol. The number of ether oxygens (including phenoxy) is 7. The van der Waals surface area contributed by atoms with Crippen molar-refractivity contribution in [3.63, 3.8) is 0 Å².